The number of aliphatic hydroxyl groups excluding tert-OH is 1. The number of imidazole rings is 1. The largest absolute Gasteiger partial charge is 0.394 e. The Labute approximate surface area is 136 Å². The fourth-order valence-electron chi connectivity index (χ4n) is 3.12. The van der Waals surface area contributed by atoms with Crippen LogP contribution in [0.25, 0.3) is 21.6 Å². The molecule has 2 aliphatic heterocycles. The van der Waals surface area contributed by atoms with E-state index in [1.165, 1.54) is 0 Å². The summed E-state index contributed by atoms with van der Waals surface area (Å²) in [6.07, 6.45) is 2.20. The summed E-state index contributed by atoms with van der Waals surface area (Å²) in [5.74, 6) is 0.903. The van der Waals surface area contributed by atoms with Crippen molar-refractivity contribution in [1.82, 2.24) is 19.5 Å². The number of fused-ring (bicyclic) bond motifs is 1. The number of azide groups is 1. The topological polar surface area (TPSA) is 151 Å². The Morgan fingerprint density at radius 3 is 2.96 bits per heavy atom. The van der Waals surface area contributed by atoms with Gasteiger partial charge in [0.1, 0.15) is 6.23 Å². The highest BCUT2D eigenvalue weighted by molar-refractivity contribution is 5.85. The average molecular weight is 331 g/mol. The van der Waals surface area contributed by atoms with Crippen molar-refractivity contribution in [3.05, 3.63) is 16.8 Å². The number of nitrogens with two attached hydrogens (primary N) is 1. The van der Waals surface area contributed by atoms with Crippen LogP contribution in [0.2, 0.25) is 0 Å². The first-order chi connectivity index (χ1) is 11.7. The molecule has 3 unspecified atom stereocenters. The van der Waals surface area contributed by atoms with Gasteiger partial charge in [0, 0.05) is 24.4 Å². The Morgan fingerprint density at radius 1 is 1.46 bits per heavy atom. The first-order valence-corrected chi connectivity index (χ1v) is 7.76. The van der Waals surface area contributed by atoms with Gasteiger partial charge in [-0.05, 0) is 12.0 Å². The monoisotopic (exact) mass is 331 g/mol. The lowest BCUT2D eigenvalue weighted by Gasteiger charge is -2.32. The molecule has 2 aromatic rings. The minimum absolute atomic E-state index is 0.175. The number of hydrogen-bond donors (Lipinski definition) is 2. The van der Waals surface area contributed by atoms with Gasteiger partial charge in [0.2, 0.25) is 5.95 Å². The lowest BCUT2D eigenvalue weighted by molar-refractivity contribution is -0.0232. The normalized spacial score (nSPS) is 26.4. The maximum Gasteiger partial charge on any atom is 0.224 e. The van der Waals surface area contributed by atoms with Gasteiger partial charge < -0.3 is 20.5 Å². The second-order valence-electron chi connectivity index (χ2n) is 5.89. The zero-order valence-corrected chi connectivity index (χ0v) is 12.9. The summed E-state index contributed by atoms with van der Waals surface area (Å²) in [5, 5.41) is 13.1. The van der Waals surface area contributed by atoms with Crippen LogP contribution in [0.1, 0.15) is 19.1 Å². The van der Waals surface area contributed by atoms with E-state index in [1.807, 2.05) is 0 Å². The zero-order chi connectivity index (χ0) is 16.7. The molecule has 0 aromatic carbocycles. The van der Waals surface area contributed by atoms with E-state index >= 15 is 0 Å². The molecule has 126 valence electrons. The smallest absolute Gasteiger partial charge is 0.224 e. The Balaban J connectivity index is 1.73. The fraction of sp³-hybridized carbons (Fsp3) is 0.615. The van der Waals surface area contributed by atoms with Gasteiger partial charge in [-0.2, -0.15) is 9.97 Å². The summed E-state index contributed by atoms with van der Waals surface area (Å²) in [6, 6.07) is -0.434. The number of anilines is 2. The van der Waals surface area contributed by atoms with Crippen molar-refractivity contribution in [3.63, 3.8) is 0 Å². The summed E-state index contributed by atoms with van der Waals surface area (Å²) in [6.45, 7) is 1.62. The molecule has 3 atom stereocenters. The van der Waals surface area contributed by atoms with Gasteiger partial charge in [0.15, 0.2) is 17.0 Å². The number of ether oxygens (including phenoxy) is 1. The second kappa shape index (κ2) is 5.78. The van der Waals surface area contributed by atoms with Gasteiger partial charge in [-0.15, -0.1) is 0 Å². The van der Waals surface area contributed by atoms with E-state index in [2.05, 4.69) is 29.9 Å². The molecule has 4 heterocycles. The fourth-order valence-corrected chi connectivity index (χ4v) is 3.12. The van der Waals surface area contributed by atoms with E-state index in [-0.39, 0.29) is 12.6 Å². The molecule has 0 bridgehead atoms. The van der Waals surface area contributed by atoms with E-state index in [0.717, 1.165) is 25.3 Å². The molecule has 24 heavy (non-hydrogen) atoms. The third kappa shape index (κ3) is 2.30. The molecular formula is C13H17N9O2. The van der Waals surface area contributed by atoms with Gasteiger partial charge in [-0.3, -0.25) is 4.57 Å². The molecule has 2 aromatic heterocycles. The van der Waals surface area contributed by atoms with Crippen LogP contribution in [-0.2, 0) is 4.74 Å². The molecule has 11 heteroatoms. The molecule has 0 aliphatic carbocycles. The maximum absolute atomic E-state index is 9.41. The van der Waals surface area contributed by atoms with Crippen molar-refractivity contribution in [2.75, 3.05) is 30.3 Å². The Bertz CT molecular complexity index is 811. The van der Waals surface area contributed by atoms with Crippen molar-refractivity contribution >= 4 is 22.9 Å². The molecule has 2 fully saturated rings. The highest BCUT2D eigenvalue weighted by atomic mass is 16.5. The molecule has 2 saturated heterocycles. The van der Waals surface area contributed by atoms with Crippen molar-refractivity contribution in [1.29, 1.82) is 0 Å². The quantitative estimate of drug-likeness (QED) is 0.472. The van der Waals surface area contributed by atoms with E-state index in [0.29, 0.717) is 17.6 Å². The number of rotatable bonds is 4. The molecule has 2 aliphatic rings. The predicted molar refractivity (Wildman–Crippen MR) is 85.1 cm³/mol. The number of nitrogens with zero attached hydrogens (tertiary/aromatic N) is 8. The number of aromatic nitrogens is 4. The molecule has 3 N–H and O–H groups in total. The second-order valence-corrected chi connectivity index (χ2v) is 5.89. The van der Waals surface area contributed by atoms with Gasteiger partial charge in [0.25, 0.3) is 0 Å². The highest BCUT2D eigenvalue weighted by Crippen LogP contribution is 2.34. The first-order valence-electron chi connectivity index (χ1n) is 7.76. The minimum atomic E-state index is -0.544. The lowest BCUT2D eigenvalue weighted by Crippen LogP contribution is -2.38. The Morgan fingerprint density at radius 2 is 2.29 bits per heavy atom. The summed E-state index contributed by atoms with van der Waals surface area (Å²) < 4.78 is 7.56. The van der Waals surface area contributed by atoms with Crippen molar-refractivity contribution in [2.24, 2.45) is 5.11 Å². The molecule has 4 rings (SSSR count). The average Bonchev–Trinajstić information content (AvgIpc) is 3.09. The molecular weight excluding hydrogens is 314 g/mol. The third-order valence-electron chi connectivity index (χ3n) is 4.47. The number of nitrogen functional groups attached to an aromatic ring is 1. The van der Waals surface area contributed by atoms with Crippen LogP contribution in [0.4, 0.5) is 11.8 Å². The van der Waals surface area contributed by atoms with Gasteiger partial charge in [0.05, 0.1) is 25.1 Å². The Hall–Kier alpha value is -2.62. The van der Waals surface area contributed by atoms with E-state index in [9.17, 15) is 5.11 Å². The van der Waals surface area contributed by atoms with Crippen LogP contribution in [0, 0.1) is 0 Å². The highest BCUT2D eigenvalue weighted by Gasteiger charge is 2.36. The van der Waals surface area contributed by atoms with Crippen LogP contribution in [0.3, 0.4) is 0 Å². The summed E-state index contributed by atoms with van der Waals surface area (Å²) in [5.41, 5.74) is 15.8. The van der Waals surface area contributed by atoms with Crippen molar-refractivity contribution in [3.8, 4) is 0 Å². The van der Waals surface area contributed by atoms with E-state index < -0.39 is 18.4 Å². The van der Waals surface area contributed by atoms with Gasteiger partial charge >= 0.3 is 0 Å². The predicted octanol–water partition coefficient (Wildman–Crippen LogP) is 0.577. The van der Waals surface area contributed by atoms with E-state index in [4.69, 9.17) is 16.0 Å². The number of hydrogen-bond acceptors (Lipinski definition) is 8. The summed E-state index contributed by atoms with van der Waals surface area (Å²) in [7, 11) is 0. The molecule has 0 saturated carbocycles. The van der Waals surface area contributed by atoms with Crippen LogP contribution < -0.4 is 10.6 Å². The molecule has 0 amide bonds. The van der Waals surface area contributed by atoms with Crippen molar-refractivity contribution < 1.29 is 9.84 Å². The third-order valence-corrected chi connectivity index (χ3v) is 4.47. The maximum atomic E-state index is 9.41. The van der Waals surface area contributed by atoms with Crippen LogP contribution in [0.15, 0.2) is 11.4 Å². The SMILES string of the molecule is [N-]=[N+]=NC1CC(n2cnc3c(N4CCC4)nc(N)nc32)OC1CO. The molecule has 0 radical (unpaired) electrons. The molecule has 11 nitrogen and oxygen atoms in total. The van der Waals surface area contributed by atoms with Gasteiger partial charge in [-0.25, -0.2) is 4.98 Å². The lowest BCUT2D eigenvalue weighted by atomic mass is 10.1. The standard InChI is InChI=1S/C13H17N9O2/c14-13-17-11(21-2-1-3-21)10-12(18-13)22(6-16-10)9-4-7(19-20-15)8(5-23)24-9/h6-9,23H,1-5H2,(H2,14,17,18). The van der Waals surface area contributed by atoms with Gasteiger partial charge in [-0.1, -0.05) is 5.11 Å². The van der Waals surface area contributed by atoms with Crippen LogP contribution in [0.5, 0.6) is 0 Å². The van der Waals surface area contributed by atoms with Crippen molar-refractivity contribution in [2.45, 2.75) is 31.2 Å². The summed E-state index contributed by atoms with van der Waals surface area (Å²) in [4.78, 5) is 18.0. The molecule has 0 spiro atoms. The van der Waals surface area contributed by atoms with Crippen LogP contribution in [-0.4, -0.2) is 56.5 Å². The van der Waals surface area contributed by atoms with Crippen LogP contribution >= 0.6 is 0 Å². The summed E-state index contributed by atoms with van der Waals surface area (Å²) >= 11 is 0. The van der Waals surface area contributed by atoms with E-state index in [1.54, 1.807) is 10.9 Å². The Kier molecular flexibility index (Phi) is 3.60. The first kappa shape index (κ1) is 14.9. The number of aliphatic hydroxyl groups is 1. The minimum Gasteiger partial charge on any atom is -0.394 e. The zero-order valence-electron chi connectivity index (χ0n) is 12.9.